The molecule has 0 unspecified atom stereocenters. The standard InChI is InChI=1S/C20H16Cl2N2O4S/c21-16-8-4-5-9-18(16)23-20(25)13-28-19-11-10-15(12-17(19)22)29(26,27)24-14-6-2-1-3-7-14/h1-12,24H,13H2,(H,23,25). The number of carbonyl (C=O) groups is 1. The van der Waals surface area contributed by atoms with E-state index in [0.717, 1.165) is 0 Å². The molecule has 0 aromatic heterocycles. The SMILES string of the molecule is O=C(COc1ccc(S(=O)(=O)Nc2ccccc2)cc1Cl)Nc1ccccc1Cl. The highest BCUT2D eigenvalue weighted by atomic mass is 35.5. The number of amides is 1. The molecule has 0 aliphatic carbocycles. The summed E-state index contributed by atoms with van der Waals surface area (Å²) in [6.45, 7) is -0.320. The number of sulfonamides is 1. The van der Waals surface area contributed by atoms with Crippen molar-refractivity contribution in [3.8, 4) is 5.75 Å². The van der Waals surface area contributed by atoms with Crippen LogP contribution in [0.5, 0.6) is 5.75 Å². The fraction of sp³-hybridized carbons (Fsp3) is 0.0500. The van der Waals surface area contributed by atoms with E-state index in [1.54, 1.807) is 54.6 Å². The summed E-state index contributed by atoms with van der Waals surface area (Å²) < 4.78 is 32.8. The number of carbonyl (C=O) groups excluding carboxylic acids is 1. The van der Waals surface area contributed by atoms with E-state index >= 15 is 0 Å². The van der Waals surface area contributed by atoms with Gasteiger partial charge >= 0.3 is 0 Å². The third-order valence-electron chi connectivity index (χ3n) is 3.75. The van der Waals surface area contributed by atoms with Gasteiger partial charge in [0, 0.05) is 5.69 Å². The van der Waals surface area contributed by atoms with Gasteiger partial charge in [0.05, 0.1) is 20.6 Å². The zero-order valence-electron chi connectivity index (χ0n) is 14.9. The second-order valence-corrected chi connectivity index (χ2v) is 8.38. The summed E-state index contributed by atoms with van der Waals surface area (Å²) in [5.41, 5.74) is 0.891. The van der Waals surface area contributed by atoms with Gasteiger partial charge in [0.2, 0.25) is 0 Å². The molecular formula is C20H16Cl2N2O4S. The van der Waals surface area contributed by atoms with Crippen molar-refractivity contribution < 1.29 is 17.9 Å². The molecule has 3 aromatic carbocycles. The summed E-state index contributed by atoms with van der Waals surface area (Å²) in [4.78, 5) is 12.0. The molecule has 0 saturated carbocycles. The molecule has 0 radical (unpaired) electrons. The number of rotatable bonds is 7. The summed E-state index contributed by atoms with van der Waals surface area (Å²) in [7, 11) is -3.81. The minimum Gasteiger partial charge on any atom is -0.482 e. The van der Waals surface area contributed by atoms with Crippen LogP contribution >= 0.6 is 23.2 Å². The highest BCUT2D eigenvalue weighted by Gasteiger charge is 2.17. The Morgan fingerprint density at radius 1 is 0.897 bits per heavy atom. The maximum absolute atomic E-state index is 12.5. The highest BCUT2D eigenvalue weighted by molar-refractivity contribution is 7.92. The Morgan fingerprint density at radius 3 is 2.28 bits per heavy atom. The molecule has 0 spiro atoms. The summed E-state index contributed by atoms with van der Waals surface area (Å²) in [5.74, 6) is -0.253. The average molecular weight is 451 g/mol. The topological polar surface area (TPSA) is 84.5 Å². The van der Waals surface area contributed by atoms with Crippen LogP contribution in [0, 0.1) is 0 Å². The molecule has 3 aromatic rings. The third-order valence-corrected chi connectivity index (χ3v) is 5.75. The second kappa shape index (κ2) is 9.17. The number of para-hydroxylation sites is 2. The zero-order chi connectivity index (χ0) is 20.9. The van der Waals surface area contributed by atoms with Crippen molar-refractivity contribution in [1.29, 1.82) is 0 Å². The van der Waals surface area contributed by atoms with Crippen molar-refractivity contribution in [1.82, 2.24) is 0 Å². The van der Waals surface area contributed by atoms with Crippen molar-refractivity contribution in [3.05, 3.63) is 82.8 Å². The van der Waals surface area contributed by atoms with E-state index in [1.165, 1.54) is 18.2 Å². The number of halogens is 2. The lowest BCUT2D eigenvalue weighted by Crippen LogP contribution is -2.20. The molecule has 29 heavy (non-hydrogen) atoms. The largest absolute Gasteiger partial charge is 0.482 e. The van der Waals surface area contributed by atoms with Gasteiger partial charge < -0.3 is 10.1 Å². The Bertz CT molecular complexity index is 1120. The smallest absolute Gasteiger partial charge is 0.262 e. The van der Waals surface area contributed by atoms with Gasteiger partial charge in [-0.15, -0.1) is 0 Å². The second-order valence-electron chi connectivity index (χ2n) is 5.88. The molecule has 3 rings (SSSR count). The molecule has 0 atom stereocenters. The molecule has 0 aliphatic heterocycles. The highest BCUT2D eigenvalue weighted by Crippen LogP contribution is 2.28. The van der Waals surface area contributed by atoms with Crippen LogP contribution in [0.15, 0.2) is 77.7 Å². The molecule has 0 fully saturated rings. The van der Waals surface area contributed by atoms with E-state index in [-0.39, 0.29) is 22.3 Å². The first-order chi connectivity index (χ1) is 13.8. The predicted octanol–water partition coefficient (Wildman–Crippen LogP) is 4.81. The van der Waals surface area contributed by atoms with E-state index in [4.69, 9.17) is 27.9 Å². The summed E-state index contributed by atoms with van der Waals surface area (Å²) >= 11 is 12.1. The van der Waals surface area contributed by atoms with Gasteiger partial charge in [-0.2, -0.15) is 0 Å². The van der Waals surface area contributed by atoms with Gasteiger partial charge in [-0.1, -0.05) is 53.5 Å². The molecule has 0 saturated heterocycles. The lowest BCUT2D eigenvalue weighted by Gasteiger charge is -2.12. The molecule has 9 heteroatoms. The van der Waals surface area contributed by atoms with Crippen molar-refractivity contribution >= 4 is 50.5 Å². The van der Waals surface area contributed by atoms with Crippen LogP contribution in [0.4, 0.5) is 11.4 Å². The predicted molar refractivity (Wildman–Crippen MR) is 114 cm³/mol. The Hall–Kier alpha value is -2.74. The van der Waals surface area contributed by atoms with Crippen LogP contribution in [-0.2, 0) is 14.8 Å². The van der Waals surface area contributed by atoms with Gasteiger partial charge in [-0.3, -0.25) is 9.52 Å². The molecule has 150 valence electrons. The molecule has 0 aliphatic rings. The van der Waals surface area contributed by atoms with Gasteiger partial charge in [-0.05, 0) is 42.5 Å². The molecule has 6 nitrogen and oxygen atoms in total. The molecule has 0 bridgehead atoms. The van der Waals surface area contributed by atoms with E-state index in [2.05, 4.69) is 10.0 Å². The maximum Gasteiger partial charge on any atom is 0.262 e. The van der Waals surface area contributed by atoms with Gasteiger partial charge in [0.25, 0.3) is 15.9 Å². The fourth-order valence-corrected chi connectivity index (χ4v) is 3.95. The maximum atomic E-state index is 12.5. The Labute approximate surface area is 178 Å². The number of benzene rings is 3. The first kappa shape index (κ1) is 21.0. The minimum atomic E-state index is -3.81. The minimum absolute atomic E-state index is 0.0285. The summed E-state index contributed by atoms with van der Waals surface area (Å²) in [6.07, 6.45) is 0. The van der Waals surface area contributed by atoms with Gasteiger partial charge in [0.1, 0.15) is 5.75 Å². The van der Waals surface area contributed by atoms with Crippen molar-refractivity contribution in [3.63, 3.8) is 0 Å². The van der Waals surface area contributed by atoms with Crippen molar-refractivity contribution in [2.24, 2.45) is 0 Å². The molecular weight excluding hydrogens is 435 g/mol. The Kier molecular flexibility index (Phi) is 6.64. The van der Waals surface area contributed by atoms with E-state index in [9.17, 15) is 13.2 Å². The van der Waals surface area contributed by atoms with E-state index in [1.807, 2.05) is 0 Å². The van der Waals surface area contributed by atoms with Crippen LogP contribution in [-0.4, -0.2) is 20.9 Å². The summed E-state index contributed by atoms with van der Waals surface area (Å²) in [5, 5.41) is 3.08. The van der Waals surface area contributed by atoms with Crippen LogP contribution in [0.1, 0.15) is 0 Å². The number of hydrogen-bond donors (Lipinski definition) is 2. The monoisotopic (exact) mass is 450 g/mol. The summed E-state index contributed by atoms with van der Waals surface area (Å²) in [6, 6.07) is 19.3. The van der Waals surface area contributed by atoms with Crippen molar-refractivity contribution in [2.75, 3.05) is 16.6 Å². The number of ether oxygens (including phenoxy) is 1. The van der Waals surface area contributed by atoms with Gasteiger partial charge in [-0.25, -0.2) is 8.42 Å². The third kappa shape index (κ3) is 5.63. The van der Waals surface area contributed by atoms with Crippen LogP contribution in [0.3, 0.4) is 0 Å². The van der Waals surface area contributed by atoms with Crippen LogP contribution in [0.2, 0.25) is 10.0 Å². The van der Waals surface area contributed by atoms with E-state index < -0.39 is 15.9 Å². The van der Waals surface area contributed by atoms with Gasteiger partial charge in [0.15, 0.2) is 6.61 Å². The molecule has 1 amide bonds. The van der Waals surface area contributed by atoms with Crippen LogP contribution < -0.4 is 14.8 Å². The lowest BCUT2D eigenvalue weighted by molar-refractivity contribution is -0.118. The fourth-order valence-electron chi connectivity index (χ4n) is 2.38. The molecule has 0 heterocycles. The Balaban J connectivity index is 1.65. The lowest BCUT2D eigenvalue weighted by atomic mass is 10.3. The first-order valence-electron chi connectivity index (χ1n) is 8.40. The Morgan fingerprint density at radius 2 is 1.59 bits per heavy atom. The zero-order valence-corrected chi connectivity index (χ0v) is 17.3. The number of anilines is 2. The van der Waals surface area contributed by atoms with Crippen LogP contribution in [0.25, 0.3) is 0 Å². The molecule has 2 N–H and O–H groups in total. The quantitative estimate of drug-likeness (QED) is 0.540. The number of nitrogens with one attached hydrogen (secondary N) is 2. The van der Waals surface area contributed by atoms with E-state index in [0.29, 0.717) is 16.4 Å². The average Bonchev–Trinajstić information content (AvgIpc) is 2.69. The first-order valence-corrected chi connectivity index (χ1v) is 10.6. The number of hydrogen-bond acceptors (Lipinski definition) is 4. The normalized spacial score (nSPS) is 11.0. The van der Waals surface area contributed by atoms with Crippen molar-refractivity contribution in [2.45, 2.75) is 4.90 Å².